The molecular formula is C69H67BN2. The van der Waals surface area contributed by atoms with E-state index in [1.807, 2.05) is 0 Å². The molecule has 0 amide bonds. The van der Waals surface area contributed by atoms with Crippen molar-refractivity contribution in [2.75, 3.05) is 9.80 Å². The molecule has 9 aromatic carbocycles. The van der Waals surface area contributed by atoms with E-state index >= 15 is 0 Å². The number of nitrogens with zero attached hydrogens (tertiary/aromatic N) is 2. The third-order valence-electron chi connectivity index (χ3n) is 16.0. The van der Waals surface area contributed by atoms with Crippen LogP contribution in [0.2, 0.25) is 0 Å². The molecule has 9 aromatic rings. The highest BCUT2D eigenvalue weighted by Crippen LogP contribution is 2.49. The third-order valence-corrected chi connectivity index (χ3v) is 16.0. The fourth-order valence-electron chi connectivity index (χ4n) is 11.5. The first-order valence-corrected chi connectivity index (χ1v) is 26.0. The lowest BCUT2D eigenvalue weighted by Crippen LogP contribution is -2.61. The molecule has 0 saturated carbocycles. The van der Waals surface area contributed by atoms with Crippen LogP contribution in [-0.2, 0) is 21.7 Å². The SMILES string of the molecule is Cc1cc2c3c(c1)N(c1ccc(C(C)(C)c4cccc(-c5ccccc5)c4)cc1-c1ccccc1)c1ccc(C(C)(C)c4ccccc4)cc1B3c1cc(C(C)(C)C)ccc1N2c1ccc(C(C)(C)C)cc1. The Morgan fingerprint density at radius 2 is 0.764 bits per heavy atom. The van der Waals surface area contributed by atoms with E-state index in [9.17, 15) is 0 Å². The van der Waals surface area contributed by atoms with E-state index in [-0.39, 0.29) is 28.4 Å². The van der Waals surface area contributed by atoms with Crippen LogP contribution in [0.15, 0.2) is 206 Å². The quantitative estimate of drug-likeness (QED) is 0.140. The fraction of sp³-hybridized carbons (Fsp3) is 0.217. The Kier molecular flexibility index (Phi) is 11.4. The summed E-state index contributed by atoms with van der Waals surface area (Å²) in [5.74, 6) is 0. The maximum atomic E-state index is 2.62. The molecule has 2 heterocycles. The van der Waals surface area contributed by atoms with Crippen LogP contribution >= 0.6 is 0 Å². The molecule has 0 aliphatic carbocycles. The number of hydrogen-bond acceptors (Lipinski definition) is 2. The molecule has 0 aromatic heterocycles. The molecule has 11 rings (SSSR count). The molecule has 2 aliphatic rings. The van der Waals surface area contributed by atoms with Gasteiger partial charge in [0.1, 0.15) is 0 Å². The van der Waals surface area contributed by atoms with Gasteiger partial charge in [-0.1, -0.05) is 227 Å². The average molecular weight is 935 g/mol. The predicted molar refractivity (Wildman–Crippen MR) is 311 cm³/mol. The van der Waals surface area contributed by atoms with Gasteiger partial charge in [0.25, 0.3) is 6.71 Å². The minimum atomic E-state index is -0.296. The maximum absolute atomic E-state index is 2.62. The molecule has 0 radical (unpaired) electrons. The molecule has 0 fully saturated rings. The lowest BCUT2D eigenvalue weighted by molar-refractivity contribution is 0.590. The first kappa shape index (κ1) is 47.0. The van der Waals surface area contributed by atoms with Crippen molar-refractivity contribution in [1.29, 1.82) is 0 Å². The minimum absolute atomic E-state index is 0.0222. The molecule has 0 saturated heterocycles. The zero-order valence-corrected chi connectivity index (χ0v) is 44.1. The van der Waals surface area contributed by atoms with Crippen molar-refractivity contribution in [2.24, 2.45) is 0 Å². The third kappa shape index (κ3) is 8.08. The van der Waals surface area contributed by atoms with Crippen molar-refractivity contribution < 1.29 is 0 Å². The molecule has 72 heavy (non-hydrogen) atoms. The summed E-state index contributed by atoms with van der Waals surface area (Å²) in [5, 5.41) is 0. The number of rotatable bonds is 8. The largest absolute Gasteiger partial charge is 0.311 e. The van der Waals surface area contributed by atoms with Crippen LogP contribution in [0.5, 0.6) is 0 Å². The van der Waals surface area contributed by atoms with E-state index in [2.05, 4.69) is 292 Å². The Hall–Kier alpha value is -7.36. The second kappa shape index (κ2) is 17.4. The summed E-state index contributed by atoms with van der Waals surface area (Å²) < 4.78 is 0. The maximum Gasteiger partial charge on any atom is 0.252 e. The number of fused-ring (bicyclic) bond motifs is 4. The van der Waals surface area contributed by atoms with E-state index < -0.39 is 0 Å². The average Bonchev–Trinajstić information content (AvgIpc) is 3.38. The van der Waals surface area contributed by atoms with Crippen LogP contribution in [0.4, 0.5) is 34.1 Å². The van der Waals surface area contributed by atoms with Gasteiger partial charge < -0.3 is 9.80 Å². The Labute approximate surface area is 430 Å². The van der Waals surface area contributed by atoms with Crippen molar-refractivity contribution in [3.05, 3.63) is 245 Å². The van der Waals surface area contributed by atoms with Crippen LogP contribution in [0, 0.1) is 6.92 Å². The van der Waals surface area contributed by atoms with Gasteiger partial charge in [0.15, 0.2) is 0 Å². The van der Waals surface area contributed by atoms with Gasteiger partial charge in [0, 0.05) is 44.8 Å². The van der Waals surface area contributed by atoms with E-state index in [4.69, 9.17) is 0 Å². The Bertz CT molecular complexity index is 3480. The van der Waals surface area contributed by atoms with Crippen molar-refractivity contribution >= 4 is 57.2 Å². The highest BCUT2D eigenvalue weighted by Gasteiger charge is 2.45. The molecule has 0 N–H and O–H groups in total. The zero-order chi connectivity index (χ0) is 50.3. The molecule has 0 atom stereocenters. The second-order valence-corrected chi connectivity index (χ2v) is 23.6. The van der Waals surface area contributed by atoms with Gasteiger partial charge in [-0.05, 0) is 138 Å². The Balaban J connectivity index is 1.19. The molecular weight excluding hydrogens is 868 g/mol. The smallest absolute Gasteiger partial charge is 0.252 e. The number of benzene rings is 9. The van der Waals surface area contributed by atoms with Crippen LogP contribution in [-0.4, -0.2) is 6.71 Å². The zero-order valence-electron chi connectivity index (χ0n) is 44.1. The Morgan fingerprint density at radius 1 is 0.319 bits per heavy atom. The molecule has 0 spiro atoms. The number of aryl methyl sites for hydroxylation is 1. The second-order valence-electron chi connectivity index (χ2n) is 23.6. The summed E-state index contributed by atoms with van der Waals surface area (Å²) in [6.45, 7) is 25.7. The number of hydrogen-bond donors (Lipinski definition) is 0. The van der Waals surface area contributed by atoms with Crippen LogP contribution < -0.4 is 26.2 Å². The summed E-state index contributed by atoms with van der Waals surface area (Å²) in [4.78, 5) is 5.18. The fourth-order valence-corrected chi connectivity index (χ4v) is 11.5. The van der Waals surface area contributed by atoms with Gasteiger partial charge >= 0.3 is 0 Å². The van der Waals surface area contributed by atoms with E-state index in [1.165, 1.54) is 106 Å². The normalized spacial score (nSPS) is 13.4. The van der Waals surface area contributed by atoms with E-state index in [0.717, 1.165) is 5.69 Å². The summed E-state index contributed by atoms with van der Waals surface area (Å²) >= 11 is 0. The van der Waals surface area contributed by atoms with Crippen molar-refractivity contribution in [3.8, 4) is 22.3 Å². The highest BCUT2D eigenvalue weighted by atomic mass is 15.2. The Morgan fingerprint density at radius 3 is 1.38 bits per heavy atom. The van der Waals surface area contributed by atoms with E-state index in [1.54, 1.807) is 0 Å². The van der Waals surface area contributed by atoms with Gasteiger partial charge in [0.2, 0.25) is 0 Å². The standard InChI is InChI=1S/C69H67BN2/c1-46-40-63-65-64(41-46)72(60-37-33-54(43-57(60)48-24-17-13-18-25-48)69(10,11)53-29-21-26-49(42-53)47-22-15-12-16-23-47)62-39-34-55(68(8,9)51-27-19-14-20-28-51)45-59(62)70(65)58-44-52(67(5,6)7)32-38-61(58)71(63)56-35-30-50(31-36-56)66(2,3)4/h12-45H,1-11H3. The summed E-state index contributed by atoms with van der Waals surface area (Å²) in [7, 11) is 0. The number of anilines is 6. The molecule has 2 aliphatic heterocycles. The highest BCUT2D eigenvalue weighted by molar-refractivity contribution is 7.00. The molecule has 0 unspecified atom stereocenters. The van der Waals surface area contributed by atoms with Crippen molar-refractivity contribution in [1.82, 2.24) is 0 Å². The van der Waals surface area contributed by atoms with Crippen LogP contribution in [0.1, 0.15) is 108 Å². The van der Waals surface area contributed by atoms with Gasteiger partial charge in [-0.15, -0.1) is 0 Å². The lowest BCUT2D eigenvalue weighted by Gasteiger charge is -2.45. The van der Waals surface area contributed by atoms with Gasteiger partial charge in [-0.2, -0.15) is 0 Å². The topological polar surface area (TPSA) is 6.48 Å². The summed E-state index contributed by atoms with van der Waals surface area (Å²) in [5.41, 5.74) is 24.6. The van der Waals surface area contributed by atoms with Crippen molar-refractivity contribution in [2.45, 2.75) is 97.8 Å². The molecule has 356 valence electrons. The first-order chi connectivity index (χ1) is 34.4. The van der Waals surface area contributed by atoms with E-state index in [0.29, 0.717) is 0 Å². The minimum Gasteiger partial charge on any atom is -0.311 e. The van der Waals surface area contributed by atoms with Gasteiger partial charge in [-0.25, -0.2) is 0 Å². The molecule has 0 bridgehead atoms. The van der Waals surface area contributed by atoms with Crippen LogP contribution in [0.25, 0.3) is 22.3 Å². The first-order valence-electron chi connectivity index (χ1n) is 26.0. The summed E-state index contributed by atoms with van der Waals surface area (Å²) in [6, 6.07) is 78.2. The monoisotopic (exact) mass is 935 g/mol. The summed E-state index contributed by atoms with van der Waals surface area (Å²) in [6.07, 6.45) is 0. The lowest BCUT2D eigenvalue weighted by atomic mass is 9.33. The van der Waals surface area contributed by atoms with Crippen LogP contribution in [0.3, 0.4) is 0 Å². The predicted octanol–water partition coefficient (Wildman–Crippen LogP) is 16.7. The molecule has 2 nitrogen and oxygen atoms in total. The van der Waals surface area contributed by atoms with Gasteiger partial charge in [0.05, 0.1) is 5.69 Å². The van der Waals surface area contributed by atoms with Crippen molar-refractivity contribution in [3.63, 3.8) is 0 Å². The molecule has 3 heteroatoms. The van der Waals surface area contributed by atoms with Gasteiger partial charge in [-0.3, -0.25) is 0 Å².